The van der Waals surface area contributed by atoms with Gasteiger partial charge in [-0.3, -0.25) is 0 Å². The Morgan fingerprint density at radius 1 is 1.13 bits per heavy atom. The summed E-state index contributed by atoms with van der Waals surface area (Å²) in [5.41, 5.74) is -1.15. The number of benzene rings is 3. The highest BCUT2D eigenvalue weighted by atomic mass is 35.5. The molecule has 2 unspecified atom stereocenters. The third-order valence-corrected chi connectivity index (χ3v) is 7.90. The molecule has 2 heterocycles. The molecule has 2 aliphatic heterocycles. The number of ether oxygens (including phenoxy) is 5. The van der Waals surface area contributed by atoms with Crippen molar-refractivity contribution in [2.45, 2.75) is 63.9 Å². The number of hydrogen-bond acceptors (Lipinski definition) is 7. The van der Waals surface area contributed by atoms with Crippen molar-refractivity contribution in [3.63, 3.8) is 0 Å². The molecule has 3 aromatic carbocycles. The summed E-state index contributed by atoms with van der Waals surface area (Å²) in [5, 5.41) is 12.3. The van der Waals surface area contributed by atoms with Gasteiger partial charge in [-0.15, -0.1) is 0 Å². The molecular formula is C34H35ClF2N2O6. The lowest BCUT2D eigenvalue weighted by Gasteiger charge is -2.30. The molecule has 3 aromatic rings. The van der Waals surface area contributed by atoms with Crippen molar-refractivity contribution in [1.29, 1.82) is 5.26 Å². The Labute approximate surface area is 266 Å². The average Bonchev–Trinajstić information content (AvgIpc) is 3.39. The molecule has 5 rings (SSSR count). The molecular weight excluding hydrogens is 606 g/mol. The number of carbonyl (C=O) groups is 1. The number of rotatable bonds is 9. The highest BCUT2D eigenvalue weighted by molar-refractivity contribution is 6.34. The quantitative estimate of drug-likeness (QED) is 0.243. The minimum absolute atomic E-state index is 0.0192. The lowest BCUT2D eigenvalue weighted by atomic mass is 9.86. The average molecular weight is 641 g/mol. The molecule has 0 spiro atoms. The van der Waals surface area contributed by atoms with E-state index in [4.69, 9.17) is 35.3 Å². The third-order valence-electron chi connectivity index (χ3n) is 7.53. The molecule has 11 heteroatoms. The Morgan fingerprint density at radius 3 is 2.60 bits per heavy atom. The Hall–Kier alpha value is -3.91. The summed E-state index contributed by atoms with van der Waals surface area (Å²) in [5.74, 6) is -1.81. The minimum Gasteiger partial charge on any atom is -0.488 e. The second-order valence-electron chi connectivity index (χ2n) is 12.0. The molecule has 1 saturated heterocycles. The van der Waals surface area contributed by atoms with Crippen LogP contribution in [0.25, 0.3) is 11.1 Å². The first kappa shape index (κ1) is 32.5. The van der Waals surface area contributed by atoms with Crippen molar-refractivity contribution < 1.29 is 37.3 Å². The highest BCUT2D eigenvalue weighted by Crippen LogP contribution is 2.50. The summed E-state index contributed by atoms with van der Waals surface area (Å²) < 4.78 is 60.6. The predicted octanol–water partition coefficient (Wildman–Crippen LogP) is 7.43. The number of nitrogens with one attached hydrogen (secondary N) is 1. The lowest BCUT2D eigenvalue weighted by molar-refractivity contribution is -0.165. The SMILES string of the molecule is CC(C)(C)NC(=O)OCC1(c2ccccc2)Cc2c(cc(F)c(Cl)c2-c2c(C#N)ccc(OCCOC3CCCCO3)c2F)O1. The van der Waals surface area contributed by atoms with Crippen LogP contribution in [0.4, 0.5) is 13.6 Å². The normalized spacial score (nSPS) is 19.3. The summed E-state index contributed by atoms with van der Waals surface area (Å²) >= 11 is 6.54. The van der Waals surface area contributed by atoms with Gasteiger partial charge < -0.3 is 29.0 Å². The summed E-state index contributed by atoms with van der Waals surface area (Å²) in [6.45, 7) is 6.01. The van der Waals surface area contributed by atoms with Crippen LogP contribution < -0.4 is 14.8 Å². The molecule has 1 N–H and O–H groups in total. The highest BCUT2D eigenvalue weighted by Gasteiger charge is 2.45. The van der Waals surface area contributed by atoms with Gasteiger partial charge >= 0.3 is 6.09 Å². The molecule has 2 aliphatic rings. The Balaban J connectivity index is 1.49. The molecule has 0 aliphatic carbocycles. The second-order valence-corrected chi connectivity index (χ2v) is 12.4. The summed E-state index contributed by atoms with van der Waals surface area (Å²) in [6, 6.07) is 14.9. The number of alkyl carbamates (subject to hydrolysis) is 1. The van der Waals surface area contributed by atoms with E-state index < -0.39 is 28.9 Å². The van der Waals surface area contributed by atoms with E-state index >= 15 is 8.78 Å². The van der Waals surface area contributed by atoms with Crippen molar-refractivity contribution in [1.82, 2.24) is 5.32 Å². The Kier molecular flexibility index (Phi) is 9.82. The first-order valence-corrected chi connectivity index (χ1v) is 15.2. The molecule has 2 atom stereocenters. The van der Waals surface area contributed by atoms with Crippen molar-refractivity contribution in [3.05, 3.63) is 81.9 Å². The van der Waals surface area contributed by atoms with E-state index in [1.165, 1.54) is 12.1 Å². The fraction of sp³-hybridized carbons (Fsp3) is 0.412. The zero-order valence-corrected chi connectivity index (χ0v) is 26.1. The summed E-state index contributed by atoms with van der Waals surface area (Å²) in [4.78, 5) is 12.6. The predicted molar refractivity (Wildman–Crippen MR) is 163 cm³/mol. The van der Waals surface area contributed by atoms with E-state index in [1.807, 2.05) is 32.9 Å². The van der Waals surface area contributed by atoms with Crippen LogP contribution >= 0.6 is 11.6 Å². The van der Waals surface area contributed by atoms with Gasteiger partial charge in [0.25, 0.3) is 0 Å². The molecule has 0 saturated carbocycles. The number of amides is 1. The first-order valence-electron chi connectivity index (χ1n) is 14.8. The van der Waals surface area contributed by atoms with Gasteiger partial charge in [0.1, 0.15) is 24.8 Å². The number of halogens is 3. The molecule has 8 nitrogen and oxygen atoms in total. The number of nitriles is 1. The zero-order chi connectivity index (χ0) is 32.2. The number of hydrogen-bond donors (Lipinski definition) is 1. The van der Waals surface area contributed by atoms with E-state index in [9.17, 15) is 10.1 Å². The number of carbonyl (C=O) groups excluding carboxylic acids is 1. The molecule has 0 aromatic heterocycles. The van der Waals surface area contributed by atoms with E-state index in [1.54, 1.807) is 24.3 Å². The van der Waals surface area contributed by atoms with Crippen LogP contribution in [0.15, 0.2) is 48.5 Å². The molecule has 1 amide bonds. The minimum atomic E-state index is -1.29. The third kappa shape index (κ3) is 7.33. The summed E-state index contributed by atoms with van der Waals surface area (Å²) in [6.07, 6.45) is 1.81. The van der Waals surface area contributed by atoms with Crippen LogP contribution in [0, 0.1) is 23.0 Å². The van der Waals surface area contributed by atoms with Gasteiger partial charge in [-0.2, -0.15) is 5.26 Å². The van der Waals surface area contributed by atoms with E-state index in [0.717, 1.165) is 25.3 Å². The molecule has 0 bridgehead atoms. The maximum absolute atomic E-state index is 16.3. The smallest absolute Gasteiger partial charge is 0.407 e. The maximum atomic E-state index is 16.3. The van der Waals surface area contributed by atoms with Crippen LogP contribution in [-0.4, -0.2) is 44.3 Å². The standard InChI is InChI=1S/C34H35ClF2N2O6/c1-33(2,3)39-32(40)44-20-34(22-9-5-4-6-10-22)18-23-26(45-34)17-24(36)30(35)29(23)28-21(19-38)12-13-25(31(28)37)41-15-16-43-27-11-7-8-14-42-27/h4-6,9-10,12-13,17,27H,7-8,11,14-16,18,20H2,1-3H3,(H,39,40). The van der Waals surface area contributed by atoms with Gasteiger partial charge in [-0.1, -0.05) is 41.9 Å². The second kappa shape index (κ2) is 13.6. The van der Waals surface area contributed by atoms with Crippen LogP contribution in [0.2, 0.25) is 5.02 Å². The van der Waals surface area contributed by atoms with E-state index in [2.05, 4.69) is 5.32 Å². The fourth-order valence-electron chi connectivity index (χ4n) is 5.47. The Morgan fingerprint density at radius 2 is 1.91 bits per heavy atom. The number of fused-ring (bicyclic) bond motifs is 1. The van der Waals surface area contributed by atoms with Gasteiger partial charge in [0.2, 0.25) is 0 Å². The monoisotopic (exact) mass is 640 g/mol. The maximum Gasteiger partial charge on any atom is 0.407 e. The molecule has 0 radical (unpaired) electrons. The number of nitrogens with zero attached hydrogens (tertiary/aromatic N) is 1. The zero-order valence-electron chi connectivity index (χ0n) is 25.4. The van der Waals surface area contributed by atoms with Crippen LogP contribution in [0.1, 0.15) is 56.7 Å². The topological polar surface area (TPSA) is 99.0 Å². The molecule has 1 fully saturated rings. The van der Waals surface area contributed by atoms with Gasteiger partial charge in [-0.25, -0.2) is 13.6 Å². The van der Waals surface area contributed by atoms with Crippen molar-refractivity contribution in [2.75, 3.05) is 26.4 Å². The van der Waals surface area contributed by atoms with Gasteiger partial charge in [0, 0.05) is 41.3 Å². The van der Waals surface area contributed by atoms with Crippen molar-refractivity contribution in [2.24, 2.45) is 0 Å². The van der Waals surface area contributed by atoms with E-state index in [0.29, 0.717) is 17.7 Å². The van der Waals surface area contributed by atoms with E-state index in [-0.39, 0.29) is 65.7 Å². The van der Waals surface area contributed by atoms with Gasteiger partial charge in [0.05, 0.1) is 23.3 Å². The van der Waals surface area contributed by atoms with Crippen molar-refractivity contribution >= 4 is 17.7 Å². The lowest BCUT2D eigenvalue weighted by Crippen LogP contribution is -2.44. The van der Waals surface area contributed by atoms with Crippen LogP contribution in [-0.2, 0) is 26.2 Å². The molecule has 45 heavy (non-hydrogen) atoms. The van der Waals surface area contributed by atoms with Gasteiger partial charge in [-0.05, 0) is 57.7 Å². The van der Waals surface area contributed by atoms with Crippen LogP contribution in [0.5, 0.6) is 11.5 Å². The van der Waals surface area contributed by atoms with Crippen LogP contribution in [0.3, 0.4) is 0 Å². The first-order chi connectivity index (χ1) is 21.5. The largest absolute Gasteiger partial charge is 0.488 e. The summed E-state index contributed by atoms with van der Waals surface area (Å²) in [7, 11) is 0. The van der Waals surface area contributed by atoms with Gasteiger partial charge in [0.15, 0.2) is 23.5 Å². The fourth-order valence-corrected chi connectivity index (χ4v) is 5.73. The van der Waals surface area contributed by atoms with Crippen molar-refractivity contribution in [3.8, 4) is 28.7 Å². The Bertz CT molecular complexity index is 1580. The molecule has 238 valence electrons.